The maximum Gasteiger partial charge on any atom is 0.353 e. The fraction of sp³-hybridized carbons (Fsp3) is 0.143. The summed E-state index contributed by atoms with van der Waals surface area (Å²) in [5, 5.41) is 5.27. The van der Waals surface area contributed by atoms with Gasteiger partial charge in [0.05, 0.1) is 12.8 Å². The number of hydrazone groups is 1. The van der Waals surface area contributed by atoms with Gasteiger partial charge in [-0.25, -0.2) is 4.79 Å². The second-order valence-corrected chi connectivity index (χ2v) is 4.73. The van der Waals surface area contributed by atoms with Crippen molar-refractivity contribution in [1.29, 1.82) is 0 Å². The standard InChI is InChI=1S/C14H14N2O3S/c1-2-18-12-8-10(9-16-15)5-6-11(12)19-14(17)13-4-3-7-20-13/h3-9H,2,15H2,1H3. The van der Waals surface area contributed by atoms with Crippen LogP contribution in [0.1, 0.15) is 22.2 Å². The highest BCUT2D eigenvalue weighted by Gasteiger charge is 2.13. The third-order valence-electron chi connectivity index (χ3n) is 2.42. The van der Waals surface area contributed by atoms with Crippen LogP contribution < -0.4 is 15.3 Å². The molecule has 0 fully saturated rings. The number of benzene rings is 1. The first kappa shape index (κ1) is 14.1. The number of carbonyl (C=O) groups is 1. The van der Waals surface area contributed by atoms with Gasteiger partial charge in [-0.3, -0.25) is 0 Å². The van der Waals surface area contributed by atoms with Gasteiger partial charge >= 0.3 is 5.97 Å². The largest absolute Gasteiger partial charge is 0.490 e. The molecule has 0 spiro atoms. The molecule has 0 bridgehead atoms. The molecular formula is C14H14N2O3S. The summed E-state index contributed by atoms with van der Waals surface area (Å²) in [6.45, 7) is 2.32. The van der Waals surface area contributed by atoms with Crippen molar-refractivity contribution in [3.05, 3.63) is 46.2 Å². The molecule has 1 heterocycles. The van der Waals surface area contributed by atoms with E-state index in [1.165, 1.54) is 17.6 Å². The molecule has 0 aliphatic rings. The van der Waals surface area contributed by atoms with Crippen LogP contribution >= 0.6 is 11.3 Å². The van der Waals surface area contributed by atoms with E-state index in [-0.39, 0.29) is 0 Å². The molecule has 0 unspecified atom stereocenters. The second kappa shape index (κ2) is 6.72. The van der Waals surface area contributed by atoms with Gasteiger partial charge in [0.2, 0.25) is 0 Å². The van der Waals surface area contributed by atoms with Crippen LogP contribution in [0.15, 0.2) is 40.8 Å². The van der Waals surface area contributed by atoms with Crippen LogP contribution in [-0.2, 0) is 0 Å². The molecule has 2 rings (SSSR count). The zero-order valence-electron chi connectivity index (χ0n) is 10.9. The van der Waals surface area contributed by atoms with E-state index in [1.807, 2.05) is 12.3 Å². The lowest BCUT2D eigenvalue weighted by Crippen LogP contribution is -2.08. The monoisotopic (exact) mass is 290 g/mol. The Kier molecular flexibility index (Phi) is 4.73. The van der Waals surface area contributed by atoms with Crippen molar-refractivity contribution in [2.45, 2.75) is 6.92 Å². The number of esters is 1. The molecule has 2 N–H and O–H groups in total. The smallest absolute Gasteiger partial charge is 0.353 e. The molecule has 1 aromatic carbocycles. The van der Waals surface area contributed by atoms with Crippen molar-refractivity contribution in [3.8, 4) is 11.5 Å². The maximum absolute atomic E-state index is 11.9. The van der Waals surface area contributed by atoms with Gasteiger partial charge in [-0.15, -0.1) is 11.3 Å². The SMILES string of the molecule is CCOc1cc(C=NN)ccc1OC(=O)c1cccs1. The van der Waals surface area contributed by atoms with E-state index in [1.54, 1.807) is 30.3 Å². The molecule has 0 aliphatic heterocycles. The average Bonchev–Trinajstić information content (AvgIpc) is 2.96. The Balaban J connectivity index is 2.24. The van der Waals surface area contributed by atoms with Crippen molar-refractivity contribution in [1.82, 2.24) is 0 Å². The summed E-state index contributed by atoms with van der Waals surface area (Å²) in [5.41, 5.74) is 0.770. The molecule has 6 heteroatoms. The normalized spacial score (nSPS) is 10.7. The number of ether oxygens (including phenoxy) is 2. The fourth-order valence-electron chi connectivity index (χ4n) is 1.59. The van der Waals surface area contributed by atoms with Gasteiger partial charge in [0.1, 0.15) is 4.88 Å². The summed E-state index contributed by atoms with van der Waals surface area (Å²) in [7, 11) is 0. The van der Waals surface area contributed by atoms with Crippen LogP contribution in [0.2, 0.25) is 0 Å². The van der Waals surface area contributed by atoms with E-state index in [9.17, 15) is 4.79 Å². The maximum atomic E-state index is 11.9. The van der Waals surface area contributed by atoms with E-state index in [0.29, 0.717) is 23.0 Å². The predicted octanol–water partition coefficient (Wildman–Crippen LogP) is 2.66. The number of hydrogen-bond donors (Lipinski definition) is 1. The number of thiophene rings is 1. The molecule has 0 atom stereocenters. The lowest BCUT2D eigenvalue weighted by atomic mass is 10.2. The van der Waals surface area contributed by atoms with E-state index >= 15 is 0 Å². The average molecular weight is 290 g/mol. The van der Waals surface area contributed by atoms with Crippen LogP contribution in [0, 0.1) is 0 Å². The van der Waals surface area contributed by atoms with Crippen molar-refractivity contribution >= 4 is 23.5 Å². The quantitative estimate of drug-likeness (QED) is 0.302. The van der Waals surface area contributed by atoms with Gasteiger partial charge < -0.3 is 15.3 Å². The molecule has 0 aliphatic carbocycles. The van der Waals surface area contributed by atoms with Gasteiger partial charge in [-0.2, -0.15) is 5.10 Å². The molecule has 0 radical (unpaired) electrons. The molecular weight excluding hydrogens is 276 g/mol. The van der Waals surface area contributed by atoms with Crippen molar-refractivity contribution in [2.24, 2.45) is 10.9 Å². The number of nitrogens with zero attached hydrogens (tertiary/aromatic N) is 1. The molecule has 0 saturated carbocycles. The zero-order chi connectivity index (χ0) is 14.4. The fourth-order valence-corrected chi connectivity index (χ4v) is 2.19. The third kappa shape index (κ3) is 3.36. The highest BCUT2D eigenvalue weighted by Crippen LogP contribution is 2.29. The minimum Gasteiger partial charge on any atom is -0.490 e. The first-order chi connectivity index (χ1) is 9.74. The highest BCUT2D eigenvalue weighted by atomic mass is 32.1. The summed E-state index contributed by atoms with van der Waals surface area (Å²) in [6.07, 6.45) is 1.49. The van der Waals surface area contributed by atoms with Crippen LogP contribution in [0.5, 0.6) is 11.5 Å². The minimum atomic E-state index is -0.402. The molecule has 0 amide bonds. The van der Waals surface area contributed by atoms with Crippen LogP contribution in [0.25, 0.3) is 0 Å². The number of nitrogens with two attached hydrogens (primary N) is 1. The Hall–Kier alpha value is -2.34. The van der Waals surface area contributed by atoms with Gasteiger partial charge in [0.15, 0.2) is 11.5 Å². The van der Waals surface area contributed by atoms with Crippen molar-refractivity contribution < 1.29 is 14.3 Å². The number of rotatable bonds is 5. The number of hydrogen-bond acceptors (Lipinski definition) is 6. The Morgan fingerprint density at radius 1 is 1.40 bits per heavy atom. The van der Waals surface area contributed by atoms with Crippen LogP contribution in [0.3, 0.4) is 0 Å². The summed E-state index contributed by atoms with van der Waals surface area (Å²) < 4.78 is 10.8. The van der Waals surface area contributed by atoms with Gasteiger partial charge in [-0.05, 0) is 42.1 Å². The zero-order valence-corrected chi connectivity index (χ0v) is 11.7. The van der Waals surface area contributed by atoms with Crippen LogP contribution in [0.4, 0.5) is 0 Å². The first-order valence-corrected chi connectivity index (χ1v) is 6.88. The predicted molar refractivity (Wildman–Crippen MR) is 78.7 cm³/mol. The molecule has 1 aromatic heterocycles. The summed E-state index contributed by atoms with van der Waals surface area (Å²) in [5.74, 6) is 5.57. The second-order valence-electron chi connectivity index (χ2n) is 3.78. The Morgan fingerprint density at radius 2 is 2.25 bits per heavy atom. The lowest BCUT2D eigenvalue weighted by Gasteiger charge is -2.10. The van der Waals surface area contributed by atoms with E-state index < -0.39 is 5.97 Å². The van der Waals surface area contributed by atoms with Crippen molar-refractivity contribution in [3.63, 3.8) is 0 Å². The third-order valence-corrected chi connectivity index (χ3v) is 3.27. The van der Waals surface area contributed by atoms with E-state index in [2.05, 4.69) is 5.10 Å². The topological polar surface area (TPSA) is 73.9 Å². The van der Waals surface area contributed by atoms with Gasteiger partial charge in [-0.1, -0.05) is 6.07 Å². The Morgan fingerprint density at radius 3 is 2.90 bits per heavy atom. The molecule has 20 heavy (non-hydrogen) atoms. The summed E-state index contributed by atoms with van der Waals surface area (Å²) in [4.78, 5) is 12.5. The lowest BCUT2D eigenvalue weighted by molar-refractivity contribution is 0.0733. The first-order valence-electron chi connectivity index (χ1n) is 6.00. The Bertz CT molecular complexity index is 609. The van der Waals surface area contributed by atoms with Crippen LogP contribution in [-0.4, -0.2) is 18.8 Å². The Labute approximate surface area is 120 Å². The van der Waals surface area contributed by atoms with E-state index in [4.69, 9.17) is 15.3 Å². The highest BCUT2D eigenvalue weighted by molar-refractivity contribution is 7.12. The molecule has 2 aromatic rings. The minimum absolute atomic E-state index is 0.374. The van der Waals surface area contributed by atoms with Crippen molar-refractivity contribution in [2.75, 3.05) is 6.61 Å². The molecule has 5 nitrogen and oxygen atoms in total. The van der Waals surface area contributed by atoms with Gasteiger partial charge in [0.25, 0.3) is 0 Å². The van der Waals surface area contributed by atoms with Gasteiger partial charge in [0, 0.05) is 0 Å². The number of carbonyl (C=O) groups excluding carboxylic acids is 1. The molecule has 104 valence electrons. The summed E-state index contributed by atoms with van der Waals surface area (Å²) in [6, 6.07) is 8.63. The molecule has 0 saturated heterocycles. The summed E-state index contributed by atoms with van der Waals surface area (Å²) >= 11 is 1.33. The van der Waals surface area contributed by atoms with E-state index in [0.717, 1.165) is 5.56 Å².